The standard InChI is InChI=1S/C19H28N4O4S.HI/c1-2-20-19(22-12-16-11-14-5-3-4-6-17(14)27-16)21-9-7-18(24)23-15-8-10-28(25,26)13-15;/h3-6,15-16H,2,7-13H2,1H3,(H,23,24)(H2,20,21,22);1H. The number of halogens is 1. The summed E-state index contributed by atoms with van der Waals surface area (Å²) in [7, 11) is -2.99. The summed E-state index contributed by atoms with van der Waals surface area (Å²) in [5.41, 5.74) is 1.20. The molecule has 0 aliphatic carbocycles. The molecule has 2 heterocycles. The van der Waals surface area contributed by atoms with E-state index in [1.807, 2.05) is 25.1 Å². The third-order valence-corrected chi connectivity index (χ3v) is 6.52. The molecule has 29 heavy (non-hydrogen) atoms. The molecule has 2 aliphatic rings. The van der Waals surface area contributed by atoms with Crippen molar-refractivity contribution in [1.29, 1.82) is 0 Å². The molecule has 1 fully saturated rings. The lowest BCUT2D eigenvalue weighted by Gasteiger charge is -2.14. The van der Waals surface area contributed by atoms with Gasteiger partial charge in [-0.25, -0.2) is 13.4 Å². The van der Waals surface area contributed by atoms with Crippen LogP contribution in [0, 0.1) is 0 Å². The number of sulfone groups is 1. The number of guanidine groups is 1. The highest BCUT2D eigenvalue weighted by atomic mass is 127. The van der Waals surface area contributed by atoms with E-state index in [-0.39, 0.29) is 60.0 Å². The number of hydrogen-bond donors (Lipinski definition) is 3. The van der Waals surface area contributed by atoms with Crippen LogP contribution >= 0.6 is 24.0 Å². The Kier molecular flexibility index (Phi) is 9.00. The molecule has 0 aromatic heterocycles. The van der Waals surface area contributed by atoms with E-state index >= 15 is 0 Å². The molecule has 1 aromatic carbocycles. The summed E-state index contributed by atoms with van der Waals surface area (Å²) < 4.78 is 28.8. The lowest BCUT2D eigenvalue weighted by atomic mass is 10.1. The zero-order chi connectivity index (χ0) is 20.0. The smallest absolute Gasteiger partial charge is 0.222 e. The molecule has 1 amide bonds. The number of carbonyl (C=O) groups is 1. The summed E-state index contributed by atoms with van der Waals surface area (Å²) >= 11 is 0. The number of benzene rings is 1. The maximum Gasteiger partial charge on any atom is 0.222 e. The molecule has 1 aromatic rings. The molecule has 1 saturated heterocycles. The van der Waals surface area contributed by atoms with Gasteiger partial charge >= 0.3 is 0 Å². The van der Waals surface area contributed by atoms with Crippen molar-refractivity contribution in [3.05, 3.63) is 29.8 Å². The van der Waals surface area contributed by atoms with Crippen molar-refractivity contribution >= 4 is 45.7 Å². The Bertz CT molecular complexity index is 806. The van der Waals surface area contributed by atoms with Gasteiger partial charge in [-0.2, -0.15) is 0 Å². The molecule has 3 rings (SSSR count). The van der Waals surface area contributed by atoms with Crippen molar-refractivity contribution in [2.24, 2.45) is 4.99 Å². The fourth-order valence-corrected chi connectivity index (χ4v) is 5.07. The molecule has 10 heteroatoms. The molecule has 0 spiro atoms. The number of fused-ring (bicyclic) bond motifs is 1. The summed E-state index contributed by atoms with van der Waals surface area (Å²) in [6, 6.07) is 7.74. The first kappa shape index (κ1) is 23.7. The maximum atomic E-state index is 12.0. The van der Waals surface area contributed by atoms with Crippen LogP contribution in [0.5, 0.6) is 5.75 Å². The van der Waals surface area contributed by atoms with Gasteiger partial charge in [0.05, 0.1) is 18.1 Å². The van der Waals surface area contributed by atoms with E-state index in [1.54, 1.807) is 0 Å². The van der Waals surface area contributed by atoms with E-state index in [0.29, 0.717) is 32.0 Å². The predicted octanol–water partition coefficient (Wildman–Crippen LogP) is 0.857. The van der Waals surface area contributed by atoms with Gasteiger partial charge in [0.1, 0.15) is 11.9 Å². The van der Waals surface area contributed by atoms with E-state index in [0.717, 1.165) is 12.2 Å². The third kappa shape index (κ3) is 7.32. The minimum atomic E-state index is -2.99. The van der Waals surface area contributed by atoms with Gasteiger partial charge in [0.15, 0.2) is 15.8 Å². The number of carbonyl (C=O) groups excluding carboxylic acids is 1. The molecule has 0 bridgehead atoms. The molecule has 3 N–H and O–H groups in total. The summed E-state index contributed by atoms with van der Waals surface area (Å²) in [5.74, 6) is 1.60. The van der Waals surface area contributed by atoms with Crippen LogP contribution in [0.4, 0.5) is 0 Å². The van der Waals surface area contributed by atoms with Gasteiger partial charge in [0.25, 0.3) is 0 Å². The molecule has 2 unspecified atom stereocenters. The van der Waals surface area contributed by atoms with Crippen LogP contribution in [0.25, 0.3) is 0 Å². The first-order valence-electron chi connectivity index (χ1n) is 9.71. The lowest BCUT2D eigenvalue weighted by Crippen LogP contribution is -2.41. The molecule has 8 nitrogen and oxygen atoms in total. The van der Waals surface area contributed by atoms with Gasteiger partial charge in [0.2, 0.25) is 5.91 Å². The Labute approximate surface area is 189 Å². The molecule has 2 aliphatic heterocycles. The number of hydrogen-bond acceptors (Lipinski definition) is 5. The largest absolute Gasteiger partial charge is 0.488 e. The van der Waals surface area contributed by atoms with E-state index in [4.69, 9.17) is 4.74 Å². The molecular formula is C19H29IN4O4S. The number of amides is 1. The van der Waals surface area contributed by atoms with Gasteiger partial charge in [0, 0.05) is 32.0 Å². The minimum absolute atomic E-state index is 0. The molecule has 2 atom stereocenters. The van der Waals surface area contributed by atoms with Crippen molar-refractivity contribution in [2.45, 2.75) is 38.3 Å². The van der Waals surface area contributed by atoms with Gasteiger partial charge in [-0.3, -0.25) is 4.79 Å². The maximum absolute atomic E-state index is 12.0. The number of nitrogens with zero attached hydrogens (tertiary/aromatic N) is 1. The van der Waals surface area contributed by atoms with Gasteiger partial charge in [-0.15, -0.1) is 24.0 Å². The first-order chi connectivity index (χ1) is 13.4. The zero-order valence-electron chi connectivity index (χ0n) is 16.5. The van der Waals surface area contributed by atoms with Crippen molar-refractivity contribution in [3.8, 4) is 5.75 Å². The minimum Gasteiger partial charge on any atom is -0.488 e. The summed E-state index contributed by atoms with van der Waals surface area (Å²) in [6.45, 7) is 3.63. The summed E-state index contributed by atoms with van der Waals surface area (Å²) in [6.07, 6.45) is 1.61. The molecule has 0 radical (unpaired) electrons. The molecular weight excluding hydrogens is 507 g/mol. The highest BCUT2D eigenvalue weighted by Crippen LogP contribution is 2.28. The fraction of sp³-hybridized carbons (Fsp3) is 0.579. The fourth-order valence-electron chi connectivity index (χ4n) is 3.39. The quantitative estimate of drug-likeness (QED) is 0.271. The topological polar surface area (TPSA) is 109 Å². The lowest BCUT2D eigenvalue weighted by molar-refractivity contribution is -0.121. The van der Waals surface area contributed by atoms with E-state index in [1.165, 1.54) is 5.56 Å². The zero-order valence-corrected chi connectivity index (χ0v) is 19.7. The average Bonchev–Trinajstić information content (AvgIpc) is 3.21. The van der Waals surface area contributed by atoms with E-state index < -0.39 is 9.84 Å². The van der Waals surface area contributed by atoms with Crippen LogP contribution in [0.3, 0.4) is 0 Å². The van der Waals surface area contributed by atoms with Gasteiger partial charge in [-0.05, 0) is 25.0 Å². The highest BCUT2D eigenvalue weighted by molar-refractivity contribution is 14.0. The number of rotatable bonds is 7. The van der Waals surface area contributed by atoms with Crippen molar-refractivity contribution in [1.82, 2.24) is 16.0 Å². The van der Waals surface area contributed by atoms with E-state index in [2.05, 4.69) is 27.0 Å². The number of ether oxygens (including phenoxy) is 1. The van der Waals surface area contributed by atoms with Gasteiger partial charge in [-0.1, -0.05) is 18.2 Å². The SMILES string of the molecule is CCNC(=NCC1Cc2ccccc2O1)NCCC(=O)NC1CCS(=O)(=O)C1.I. The predicted molar refractivity (Wildman–Crippen MR) is 124 cm³/mol. The third-order valence-electron chi connectivity index (χ3n) is 4.75. The highest BCUT2D eigenvalue weighted by Gasteiger charge is 2.28. The van der Waals surface area contributed by atoms with Crippen LogP contribution < -0.4 is 20.7 Å². The number of nitrogens with one attached hydrogen (secondary N) is 3. The number of aliphatic imine (C=N–C) groups is 1. The molecule has 0 saturated carbocycles. The Hall–Kier alpha value is -1.56. The monoisotopic (exact) mass is 536 g/mol. The number of para-hydroxylation sites is 1. The van der Waals surface area contributed by atoms with Crippen LogP contribution in [0.2, 0.25) is 0 Å². The van der Waals surface area contributed by atoms with Crippen molar-refractivity contribution in [3.63, 3.8) is 0 Å². The van der Waals surface area contributed by atoms with Crippen LogP contribution in [0.1, 0.15) is 25.3 Å². The molecule has 162 valence electrons. The second kappa shape index (κ2) is 11.0. The Morgan fingerprint density at radius 1 is 1.28 bits per heavy atom. The van der Waals surface area contributed by atoms with Crippen LogP contribution in [-0.2, 0) is 21.1 Å². The van der Waals surface area contributed by atoms with Crippen molar-refractivity contribution < 1.29 is 17.9 Å². The second-order valence-corrected chi connectivity index (χ2v) is 9.34. The summed E-state index contributed by atoms with van der Waals surface area (Å²) in [5, 5.41) is 9.09. The normalized spacial score (nSPS) is 22.2. The first-order valence-corrected chi connectivity index (χ1v) is 11.5. The van der Waals surface area contributed by atoms with E-state index in [9.17, 15) is 13.2 Å². The van der Waals surface area contributed by atoms with Gasteiger partial charge < -0.3 is 20.7 Å². The van der Waals surface area contributed by atoms with Crippen molar-refractivity contribution in [2.75, 3.05) is 31.1 Å². The average molecular weight is 536 g/mol. The Morgan fingerprint density at radius 2 is 2.07 bits per heavy atom. The Morgan fingerprint density at radius 3 is 2.76 bits per heavy atom. The summed E-state index contributed by atoms with van der Waals surface area (Å²) in [4.78, 5) is 16.6. The Balaban J connectivity index is 0.00000300. The van der Waals surface area contributed by atoms with Crippen LogP contribution in [-0.4, -0.2) is 63.6 Å². The second-order valence-electron chi connectivity index (χ2n) is 7.12. The van der Waals surface area contributed by atoms with Crippen LogP contribution in [0.15, 0.2) is 29.3 Å².